The van der Waals surface area contributed by atoms with E-state index in [4.69, 9.17) is 36.7 Å². The number of ether oxygens (including phenoxy) is 5. The Balaban J connectivity index is 0.000000852. The fourth-order valence-electron chi connectivity index (χ4n) is 6.38. The van der Waals surface area contributed by atoms with Crippen LogP contribution in [0.2, 0.25) is 0 Å². The van der Waals surface area contributed by atoms with Crippen LogP contribution < -0.4 is 23.7 Å². The molecule has 63 heavy (non-hydrogen) atoms. The van der Waals surface area contributed by atoms with Crippen molar-refractivity contribution in [1.82, 2.24) is 0 Å². The minimum atomic E-state index is -6.09. The third-order valence-corrected chi connectivity index (χ3v) is 11.3. The normalized spacial score (nSPS) is 12.8. The standard InChI is InChI=1S/C49H57O5S.CHF3O3S/c1-46(2,3)51-42-27-25-37(30-44(42)53-48(7,8)9)55(38-26-28-43(52-47(4,5)6)45(31-38)54-49(10,11)12)36-23-21-35(22-24-36)50-32-41-39-19-15-13-17-33(39)29-34-18-14-16-20-40(34)41;2-1(3,4)8(5,6)7/h13-31H,32H2,1-12H3;(H,5,6,7)/q+1;/p-1. The number of benzene rings is 6. The number of halogens is 3. The third kappa shape index (κ3) is 13.9. The lowest BCUT2D eigenvalue weighted by molar-refractivity contribution is -0.0517. The molecule has 0 radical (unpaired) electrons. The molecule has 0 aliphatic carbocycles. The van der Waals surface area contributed by atoms with Crippen LogP contribution in [0.25, 0.3) is 21.5 Å². The van der Waals surface area contributed by atoms with Crippen LogP contribution in [0.3, 0.4) is 0 Å². The number of fused-ring (bicyclic) bond motifs is 2. The van der Waals surface area contributed by atoms with Gasteiger partial charge in [-0.05, 0) is 159 Å². The SMILES string of the molecule is CC(C)(C)Oc1ccc([S+](c2ccc(OCc3c4ccccc4cc4ccccc34)cc2)c2ccc(OC(C)(C)C)c(OC(C)(C)C)c2)cc1OC(C)(C)C.O=S(=O)([O-])C(F)(F)F. The van der Waals surface area contributed by atoms with Gasteiger partial charge < -0.3 is 28.2 Å². The van der Waals surface area contributed by atoms with Gasteiger partial charge in [-0.1, -0.05) is 48.5 Å². The Bertz CT molecular complexity index is 2500. The molecule has 0 N–H and O–H groups in total. The van der Waals surface area contributed by atoms with Crippen molar-refractivity contribution in [3.8, 4) is 28.7 Å². The van der Waals surface area contributed by atoms with Crippen molar-refractivity contribution in [3.05, 3.63) is 121 Å². The lowest BCUT2D eigenvalue weighted by Crippen LogP contribution is -2.27. The van der Waals surface area contributed by atoms with Gasteiger partial charge in [0, 0.05) is 17.7 Å². The van der Waals surface area contributed by atoms with Gasteiger partial charge in [0.25, 0.3) is 0 Å². The summed E-state index contributed by atoms with van der Waals surface area (Å²) in [5, 5.41) is 4.83. The first-order valence-corrected chi connectivity index (χ1v) is 23.0. The lowest BCUT2D eigenvalue weighted by atomic mass is 9.97. The predicted octanol–water partition coefficient (Wildman–Crippen LogP) is 13.4. The first-order chi connectivity index (χ1) is 29.0. The zero-order valence-electron chi connectivity index (χ0n) is 37.9. The van der Waals surface area contributed by atoms with Crippen LogP contribution in [0, 0.1) is 0 Å². The van der Waals surface area contributed by atoms with Gasteiger partial charge in [0.1, 0.15) is 34.8 Å². The Labute approximate surface area is 372 Å². The van der Waals surface area contributed by atoms with Gasteiger partial charge in [0.2, 0.25) is 0 Å². The van der Waals surface area contributed by atoms with E-state index in [0.717, 1.165) is 20.4 Å². The molecule has 6 aromatic rings. The van der Waals surface area contributed by atoms with E-state index >= 15 is 0 Å². The maximum Gasteiger partial charge on any atom is 0.485 e. The summed E-state index contributed by atoms with van der Waals surface area (Å²) < 4.78 is 91.4. The van der Waals surface area contributed by atoms with Crippen LogP contribution >= 0.6 is 0 Å². The minimum absolute atomic E-state index is 0.393. The van der Waals surface area contributed by atoms with Crippen molar-refractivity contribution in [2.24, 2.45) is 0 Å². The molecule has 338 valence electrons. The smallest absolute Gasteiger partial charge is 0.485 e. The maximum absolute atomic E-state index is 10.7. The Hall–Kier alpha value is -5.11. The van der Waals surface area contributed by atoms with Gasteiger partial charge in [0.05, 0.1) is 10.9 Å². The predicted molar refractivity (Wildman–Crippen MR) is 245 cm³/mol. The Morgan fingerprint density at radius 3 is 1.21 bits per heavy atom. The maximum atomic E-state index is 10.7. The molecule has 13 heteroatoms. The number of rotatable bonds is 10. The molecule has 0 aliphatic rings. The summed E-state index contributed by atoms with van der Waals surface area (Å²) in [5.41, 5.74) is -6.11. The lowest BCUT2D eigenvalue weighted by Gasteiger charge is -2.28. The van der Waals surface area contributed by atoms with Gasteiger partial charge in [0.15, 0.2) is 47.8 Å². The summed E-state index contributed by atoms with van der Waals surface area (Å²) in [6.45, 7) is 25.1. The van der Waals surface area contributed by atoms with Crippen molar-refractivity contribution >= 4 is 42.6 Å². The number of hydrogen-bond donors (Lipinski definition) is 0. The average molecular weight is 907 g/mol. The summed E-state index contributed by atoms with van der Waals surface area (Å²) in [6.07, 6.45) is 0. The van der Waals surface area contributed by atoms with Crippen LogP contribution in [-0.2, 0) is 27.6 Å². The number of alkyl halides is 3. The fraction of sp³-hybridized carbons (Fsp3) is 0.360. The van der Waals surface area contributed by atoms with Gasteiger partial charge in [-0.3, -0.25) is 0 Å². The summed E-state index contributed by atoms with van der Waals surface area (Å²) >= 11 is 0. The van der Waals surface area contributed by atoms with E-state index in [1.54, 1.807) is 0 Å². The first kappa shape index (κ1) is 48.9. The molecule has 6 aromatic carbocycles. The number of hydrogen-bond acceptors (Lipinski definition) is 8. The molecule has 8 nitrogen and oxygen atoms in total. The first-order valence-electron chi connectivity index (χ1n) is 20.4. The molecule has 0 fully saturated rings. The van der Waals surface area contributed by atoms with Gasteiger partial charge in [-0.25, -0.2) is 8.42 Å². The monoisotopic (exact) mass is 906 g/mol. The highest BCUT2D eigenvalue weighted by Gasteiger charge is 2.37. The van der Waals surface area contributed by atoms with E-state index in [0.29, 0.717) is 29.6 Å². The third-order valence-electron chi connectivity index (χ3n) is 8.58. The highest BCUT2D eigenvalue weighted by molar-refractivity contribution is 7.97. The molecule has 6 rings (SSSR count). The van der Waals surface area contributed by atoms with Crippen LogP contribution in [0.4, 0.5) is 13.2 Å². The zero-order valence-corrected chi connectivity index (χ0v) is 39.5. The molecule has 0 atom stereocenters. The van der Waals surface area contributed by atoms with E-state index in [-0.39, 0.29) is 0 Å². The second-order valence-corrected chi connectivity index (χ2v) is 22.2. The molecule has 0 heterocycles. The molecular weight excluding hydrogens is 850 g/mol. The topological polar surface area (TPSA) is 103 Å². The van der Waals surface area contributed by atoms with E-state index in [1.807, 2.05) is 12.1 Å². The van der Waals surface area contributed by atoms with Crippen molar-refractivity contribution in [1.29, 1.82) is 0 Å². The molecular formula is C50H57F3O8S2. The second kappa shape index (κ2) is 18.5. The molecule has 0 spiro atoms. The van der Waals surface area contributed by atoms with Crippen molar-refractivity contribution in [3.63, 3.8) is 0 Å². The van der Waals surface area contributed by atoms with Gasteiger partial charge in [-0.15, -0.1) is 0 Å². The molecule has 0 bridgehead atoms. The summed E-state index contributed by atoms with van der Waals surface area (Å²) in [5.74, 6) is 3.65. The van der Waals surface area contributed by atoms with E-state index in [2.05, 4.69) is 186 Å². The molecule has 0 saturated carbocycles. The highest BCUT2D eigenvalue weighted by Crippen LogP contribution is 2.43. The second-order valence-electron chi connectivity index (χ2n) is 18.8. The quantitative estimate of drug-likeness (QED) is 0.0579. The van der Waals surface area contributed by atoms with Crippen molar-refractivity contribution in [2.45, 2.75) is 132 Å². The summed E-state index contributed by atoms with van der Waals surface area (Å²) in [4.78, 5) is 3.30. The molecule has 0 unspecified atom stereocenters. The van der Waals surface area contributed by atoms with Gasteiger partial charge in [-0.2, -0.15) is 13.2 Å². The van der Waals surface area contributed by atoms with E-state index < -0.39 is 48.9 Å². The van der Waals surface area contributed by atoms with Crippen LogP contribution in [-0.4, -0.2) is 40.9 Å². The van der Waals surface area contributed by atoms with Gasteiger partial charge >= 0.3 is 5.51 Å². The van der Waals surface area contributed by atoms with E-state index in [1.165, 1.54) is 27.1 Å². The largest absolute Gasteiger partial charge is 0.741 e. The Morgan fingerprint density at radius 1 is 0.492 bits per heavy atom. The Morgan fingerprint density at radius 2 is 0.841 bits per heavy atom. The van der Waals surface area contributed by atoms with Crippen molar-refractivity contribution in [2.75, 3.05) is 0 Å². The Kier molecular flexibility index (Phi) is 14.4. The molecule has 0 amide bonds. The fourth-order valence-corrected chi connectivity index (χ4v) is 8.46. The van der Waals surface area contributed by atoms with E-state index in [9.17, 15) is 13.2 Å². The average Bonchev–Trinajstić information content (AvgIpc) is 3.13. The summed E-state index contributed by atoms with van der Waals surface area (Å²) in [6, 6.07) is 40.5. The minimum Gasteiger partial charge on any atom is -0.741 e. The summed E-state index contributed by atoms with van der Waals surface area (Å²) in [7, 11) is -6.66. The van der Waals surface area contributed by atoms with Crippen LogP contribution in [0.5, 0.6) is 28.7 Å². The highest BCUT2D eigenvalue weighted by atomic mass is 32.2. The van der Waals surface area contributed by atoms with Crippen LogP contribution in [0.1, 0.15) is 88.6 Å². The van der Waals surface area contributed by atoms with Crippen LogP contribution in [0.15, 0.2) is 130 Å². The molecule has 0 aliphatic heterocycles. The molecule has 0 saturated heterocycles. The molecule has 0 aromatic heterocycles. The zero-order chi connectivity index (χ0) is 46.8. The van der Waals surface area contributed by atoms with Crippen molar-refractivity contribution < 1.29 is 49.8 Å².